The highest BCUT2D eigenvalue weighted by atomic mass is 16.5. The Morgan fingerprint density at radius 3 is 2.91 bits per heavy atom. The van der Waals surface area contributed by atoms with Gasteiger partial charge in [0.05, 0.1) is 25.3 Å². The maximum Gasteiger partial charge on any atom is 0.227 e. The number of hydrogen-bond acceptors (Lipinski definition) is 4. The summed E-state index contributed by atoms with van der Waals surface area (Å²) in [5, 5.41) is 7.08. The molecule has 1 aliphatic heterocycles. The van der Waals surface area contributed by atoms with Gasteiger partial charge in [-0.1, -0.05) is 0 Å². The Bertz CT molecular complexity index is 656. The monoisotopic (exact) mass is 303 g/mol. The largest absolute Gasteiger partial charge is 0.377 e. The SMILES string of the molecule is Cc1cnc([C@@H]2COCCN2C(=O)Cc2c(C)n[nH]c2C)[nH]1. The summed E-state index contributed by atoms with van der Waals surface area (Å²) in [6, 6.07) is -0.150. The molecule has 2 aromatic rings. The lowest BCUT2D eigenvalue weighted by Crippen LogP contribution is -2.44. The van der Waals surface area contributed by atoms with Crippen LogP contribution < -0.4 is 0 Å². The molecule has 1 aliphatic rings. The van der Waals surface area contributed by atoms with Crippen molar-refractivity contribution in [1.29, 1.82) is 0 Å². The number of aromatic amines is 2. The summed E-state index contributed by atoms with van der Waals surface area (Å²) in [6.07, 6.45) is 2.13. The molecule has 0 radical (unpaired) electrons. The Labute approximate surface area is 129 Å². The molecule has 2 N–H and O–H groups in total. The van der Waals surface area contributed by atoms with Crippen LogP contribution in [-0.2, 0) is 16.0 Å². The lowest BCUT2D eigenvalue weighted by molar-refractivity contribution is -0.139. The van der Waals surface area contributed by atoms with Crippen molar-refractivity contribution in [3.05, 3.63) is 34.7 Å². The number of rotatable bonds is 3. The van der Waals surface area contributed by atoms with Crippen molar-refractivity contribution in [3.63, 3.8) is 0 Å². The molecule has 0 unspecified atom stereocenters. The van der Waals surface area contributed by atoms with Crippen LogP contribution in [-0.4, -0.2) is 50.7 Å². The molecule has 0 bridgehead atoms. The number of aromatic nitrogens is 4. The quantitative estimate of drug-likeness (QED) is 0.892. The first kappa shape index (κ1) is 14.8. The number of ether oxygens (including phenoxy) is 1. The van der Waals surface area contributed by atoms with Crippen LogP contribution in [0.4, 0.5) is 0 Å². The first-order valence-electron chi connectivity index (χ1n) is 7.45. The van der Waals surface area contributed by atoms with Gasteiger partial charge in [-0.15, -0.1) is 0 Å². The average molecular weight is 303 g/mol. The molecule has 3 rings (SSSR count). The molecule has 1 atom stereocenters. The third-order valence-electron chi connectivity index (χ3n) is 4.10. The van der Waals surface area contributed by atoms with Gasteiger partial charge in [0.1, 0.15) is 11.9 Å². The van der Waals surface area contributed by atoms with Gasteiger partial charge in [-0.05, 0) is 20.8 Å². The summed E-state index contributed by atoms with van der Waals surface area (Å²) in [5.74, 6) is 0.862. The van der Waals surface area contributed by atoms with E-state index in [4.69, 9.17) is 4.74 Å². The van der Waals surface area contributed by atoms with Gasteiger partial charge in [0.2, 0.25) is 5.91 Å². The summed E-state index contributed by atoms with van der Waals surface area (Å²) < 4.78 is 5.54. The van der Waals surface area contributed by atoms with E-state index in [2.05, 4.69) is 20.2 Å². The highest BCUT2D eigenvalue weighted by molar-refractivity contribution is 5.79. The number of nitrogens with one attached hydrogen (secondary N) is 2. The Hall–Kier alpha value is -2.15. The fourth-order valence-corrected chi connectivity index (χ4v) is 2.82. The standard InChI is InChI=1S/C15H21N5O2/c1-9-7-16-15(17-9)13-8-22-5-4-20(13)14(21)6-12-10(2)18-19-11(12)3/h7,13H,4-6,8H2,1-3H3,(H,16,17)(H,18,19)/t13-/m0/s1. The Morgan fingerprint density at radius 1 is 1.45 bits per heavy atom. The molecule has 0 spiro atoms. The van der Waals surface area contributed by atoms with Crippen LogP contribution in [0.15, 0.2) is 6.20 Å². The van der Waals surface area contributed by atoms with Gasteiger partial charge in [-0.25, -0.2) is 4.98 Å². The number of nitrogens with zero attached hydrogens (tertiary/aromatic N) is 3. The summed E-state index contributed by atoms with van der Waals surface area (Å²) in [5.41, 5.74) is 3.79. The lowest BCUT2D eigenvalue weighted by atomic mass is 10.1. The Kier molecular flexibility index (Phi) is 3.98. The van der Waals surface area contributed by atoms with Crippen molar-refractivity contribution in [3.8, 4) is 0 Å². The van der Waals surface area contributed by atoms with E-state index < -0.39 is 0 Å². The topological polar surface area (TPSA) is 86.9 Å². The van der Waals surface area contributed by atoms with Gasteiger partial charge in [0.15, 0.2) is 0 Å². The number of hydrogen-bond donors (Lipinski definition) is 2. The van der Waals surface area contributed by atoms with Crippen LogP contribution in [0.1, 0.15) is 34.5 Å². The van der Waals surface area contributed by atoms with E-state index in [0.717, 1.165) is 28.5 Å². The first-order valence-corrected chi connectivity index (χ1v) is 7.45. The number of H-pyrrole nitrogens is 2. The number of amides is 1. The molecule has 0 aliphatic carbocycles. The van der Waals surface area contributed by atoms with E-state index in [0.29, 0.717) is 26.2 Å². The molecular formula is C15H21N5O2. The van der Waals surface area contributed by atoms with Gasteiger partial charge < -0.3 is 14.6 Å². The lowest BCUT2D eigenvalue weighted by Gasteiger charge is -2.34. The molecule has 7 nitrogen and oxygen atoms in total. The highest BCUT2D eigenvalue weighted by Crippen LogP contribution is 2.23. The van der Waals surface area contributed by atoms with Crippen LogP contribution in [0.5, 0.6) is 0 Å². The zero-order chi connectivity index (χ0) is 15.7. The van der Waals surface area contributed by atoms with Crippen LogP contribution in [0, 0.1) is 20.8 Å². The molecule has 0 saturated carbocycles. The second-order valence-electron chi connectivity index (χ2n) is 5.72. The third kappa shape index (κ3) is 2.76. The summed E-state index contributed by atoms with van der Waals surface area (Å²) in [4.78, 5) is 22.2. The number of imidazole rings is 1. The molecule has 0 aromatic carbocycles. The van der Waals surface area contributed by atoms with Gasteiger partial charge in [0, 0.05) is 29.7 Å². The van der Waals surface area contributed by atoms with Gasteiger partial charge >= 0.3 is 0 Å². The van der Waals surface area contributed by atoms with Crippen molar-refractivity contribution >= 4 is 5.91 Å². The maximum atomic E-state index is 12.7. The predicted octanol–water partition coefficient (Wildman–Crippen LogP) is 1.20. The summed E-state index contributed by atoms with van der Waals surface area (Å²) in [6.45, 7) is 7.42. The van der Waals surface area contributed by atoms with Gasteiger partial charge in [0.25, 0.3) is 0 Å². The molecule has 2 aromatic heterocycles. The van der Waals surface area contributed by atoms with E-state index >= 15 is 0 Å². The predicted molar refractivity (Wildman–Crippen MR) is 80.4 cm³/mol. The second kappa shape index (κ2) is 5.92. The fraction of sp³-hybridized carbons (Fsp3) is 0.533. The molecule has 7 heteroatoms. The number of morpholine rings is 1. The summed E-state index contributed by atoms with van der Waals surface area (Å²) in [7, 11) is 0. The van der Waals surface area contributed by atoms with Crippen molar-refractivity contribution < 1.29 is 9.53 Å². The second-order valence-corrected chi connectivity index (χ2v) is 5.72. The van der Waals surface area contributed by atoms with Crippen LogP contribution in [0.2, 0.25) is 0 Å². The third-order valence-corrected chi connectivity index (χ3v) is 4.10. The minimum atomic E-state index is -0.150. The molecule has 3 heterocycles. The first-order chi connectivity index (χ1) is 10.6. The van der Waals surface area contributed by atoms with Crippen LogP contribution in [0.3, 0.4) is 0 Å². The average Bonchev–Trinajstić information content (AvgIpc) is 3.08. The normalized spacial score (nSPS) is 18.7. The molecule has 1 amide bonds. The molecule has 1 fully saturated rings. The van der Waals surface area contributed by atoms with Crippen molar-refractivity contribution in [2.45, 2.75) is 33.2 Å². The number of aryl methyl sites for hydroxylation is 3. The van der Waals surface area contributed by atoms with E-state index in [1.54, 1.807) is 6.20 Å². The van der Waals surface area contributed by atoms with Crippen LogP contribution >= 0.6 is 0 Å². The van der Waals surface area contributed by atoms with Gasteiger partial charge in [-0.3, -0.25) is 9.89 Å². The Morgan fingerprint density at radius 2 is 2.27 bits per heavy atom. The number of carbonyl (C=O) groups is 1. The minimum Gasteiger partial charge on any atom is -0.377 e. The molecular weight excluding hydrogens is 282 g/mol. The van der Waals surface area contributed by atoms with E-state index in [1.807, 2.05) is 25.7 Å². The molecule has 22 heavy (non-hydrogen) atoms. The van der Waals surface area contributed by atoms with Crippen molar-refractivity contribution in [2.24, 2.45) is 0 Å². The zero-order valence-electron chi connectivity index (χ0n) is 13.1. The van der Waals surface area contributed by atoms with E-state index in [9.17, 15) is 4.79 Å². The molecule has 1 saturated heterocycles. The van der Waals surface area contributed by atoms with Gasteiger partial charge in [-0.2, -0.15) is 5.10 Å². The minimum absolute atomic E-state index is 0.0787. The molecule has 118 valence electrons. The Balaban J connectivity index is 1.80. The smallest absolute Gasteiger partial charge is 0.227 e. The summed E-state index contributed by atoms with van der Waals surface area (Å²) >= 11 is 0. The van der Waals surface area contributed by atoms with Crippen LogP contribution in [0.25, 0.3) is 0 Å². The van der Waals surface area contributed by atoms with E-state index in [-0.39, 0.29) is 11.9 Å². The van der Waals surface area contributed by atoms with Crippen molar-refractivity contribution in [1.82, 2.24) is 25.1 Å². The zero-order valence-corrected chi connectivity index (χ0v) is 13.1. The number of carbonyl (C=O) groups excluding carboxylic acids is 1. The van der Waals surface area contributed by atoms with Crippen molar-refractivity contribution in [2.75, 3.05) is 19.8 Å². The fourth-order valence-electron chi connectivity index (χ4n) is 2.82. The maximum absolute atomic E-state index is 12.7. The van der Waals surface area contributed by atoms with E-state index in [1.165, 1.54) is 0 Å². The highest BCUT2D eigenvalue weighted by Gasteiger charge is 2.31.